The molecule has 0 aliphatic heterocycles. The van der Waals surface area contributed by atoms with Crippen molar-refractivity contribution in [3.8, 4) is 0 Å². The van der Waals surface area contributed by atoms with E-state index in [1.54, 1.807) is 0 Å². The fourth-order valence-electron chi connectivity index (χ4n) is 1.54. The summed E-state index contributed by atoms with van der Waals surface area (Å²) in [6, 6.07) is 0. The van der Waals surface area contributed by atoms with Crippen LogP contribution in [-0.2, 0) is 4.79 Å². The summed E-state index contributed by atoms with van der Waals surface area (Å²) in [6.45, 7) is 7.15. The first-order valence-corrected chi connectivity index (χ1v) is 6.20. The minimum atomic E-state index is -0.352. The maximum atomic E-state index is 10.9. The molecular formula is C12H25N3O2. The van der Waals surface area contributed by atoms with E-state index in [2.05, 4.69) is 36.3 Å². The third-order valence-corrected chi connectivity index (χ3v) is 2.51. The zero-order valence-corrected chi connectivity index (χ0v) is 11.1. The van der Waals surface area contributed by atoms with Crippen molar-refractivity contribution in [2.24, 2.45) is 11.1 Å². The highest BCUT2D eigenvalue weighted by molar-refractivity contribution is 6.25. The average molecular weight is 243 g/mol. The topological polar surface area (TPSA) is 64.9 Å². The fraction of sp³-hybridized carbons (Fsp3) is 0.833. The normalized spacial score (nSPS) is 11.6. The summed E-state index contributed by atoms with van der Waals surface area (Å²) < 4.78 is 0. The minimum absolute atomic E-state index is 0.352. The van der Waals surface area contributed by atoms with E-state index in [4.69, 9.17) is 5.21 Å². The van der Waals surface area contributed by atoms with Crippen molar-refractivity contribution in [1.29, 1.82) is 0 Å². The van der Waals surface area contributed by atoms with Crippen LogP contribution in [0.2, 0.25) is 0 Å². The van der Waals surface area contributed by atoms with E-state index in [0.29, 0.717) is 6.54 Å². The molecule has 0 aromatic rings. The molecule has 0 unspecified atom stereocenters. The Bertz CT molecular complexity index is 230. The number of amides is 1. The number of nitrogens with zero attached hydrogens (tertiary/aromatic N) is 2. The van der Waals surface area contributed by atoms with Gasteiger partial charge < -0.3 is 15.4 Å². The molecule has 5 nitrogen and oxygen atoms in total. The molecule has 0 fully saturated rings. The smallest absolute Gasteiger partial charge is 0.265 e. The van der Waals surface area contributed by atoms with Gasteiger partial charge in [0.15, 0.2) is 0 Å². The van der Waals surface area contributed by atoms with Crippen LogP contribution >= 0.6 is 0 Å². The molecule has 0 heterocycles. The van der Waals surface area contributed by atoms with Gasteiger partial charge in [0.25, 0.3) is 5.91 Å². The predicted molar refractivity (Wildman–Crippen MR) is 69.5 cm³/mol. The molecule has 100 valence electrons. The van der Waals surface area contributed by atoms with Crippen LogP contribution in [0.1, 0.15) is 33.1 Å². The predicted octanol–water partition coefficient (Wildman–Crippen LogP) is 1.32. The second kappa shape index (κ2) is 10.1. The van der Waals surface area contributed by atoms with Gasteiger partial charge in [-0.1, -0.05) is 19.0 Å². The van der Waals surface area contributed by atoms with Crippen molar-refractivity contribution in [3.63, 3.8) is 0 Å². The van der Waals surface area contributed by atoms with E-state index in [1.165, 1.54) is 12.8 Å². The Morgan fingerprint density at radius 3 is 2.65 bits per heavy atom. The molecule has 2 N–H and O–H groups in total. The number of nitrogens with one attached hydrogen (secondary N) is 1. The number of carbonyl (C=O) groups is 1. The largest absolute Gasteiger partial charge is 0.411 e. The Kier molecular flexibility index (Phi) is 9.43. The first kappa shape index (κ1) is 15.9. The zero-order chi connectivity index (χ0) is 13.1. The lowest BCUT2D eigenvalue weighted by Gasteiger charge is -2.16. The first-order valence-electron chi connectivity index (χ1n) is 6.20. The first-order chi connectivity index (χ1) is 8.06. The summed E-state index contributed by atoms with van der Waals surface area (Å²) in [7, 11) is 2.09. The highest BCUT2D eigenvalue weighted by Gasteiger charge is 2.00. The van der Waals surface area contributed by atoms with Crippen LogP contribution in [0.3, 0.4) is 0 Å². The maximum Gasteiger partial charge on any atom is 0.265 e. The average Bonchev–Trinajstić information content (AvgIpc) is 2.24. The molecule has 0 spiro atoms. The molecule has 0 bridgehead atoms. The molecule has 0 rings (SSSR count). The molecule has 0 radical (unpaired) electrons. The lowest BCUT2D eigenvalue weighted by atomic mass is 10.1. The highest BCUT2D eigenvalue weighted by Crippen LogP contribution is 2.03. The van der Waals surface area contributed by atoms with Crippen molar-refractivity contribution >= 4 is 12.1 Å². The molecule has 0 atom stereocenters. The quantitative estimate of drug-likeness (QED) is 0.278. The number of hydrogen-bond donors (Lipinski definition) is 2. The fourth-order valence-corrected chi connectivity index (χ4v) is 1.54. The van der Waals surface area contributed by atoms with Crippen LogP contribution in [0.5, 0.6) is 0 Å². The van der Waals surface area contributed by atoms with Crippen molar-refractivity contribution in [2.75, 3.05) is 26.7 Å². The zero-order valence-electron chi connectivity index (χ0n) is 11.1. The molecule has 0 aliphatic rings. The van der Waals surface area contributed by atoms with Crippen LogP contribution in [0, 0.1) is 5.92 Å². The van der Waals surface area contributed by atoms with E-state index >= 15 is 0 Å². The minimum Gasteiger partial charge on any atom is -0.411 e. The third kappa shape index (κ3) is 11.2. The van der Waals surface area contributed by atoms with Crippen molar-refractivity contribution in [1.82, 2.24) is 10.2 Å². The molecule has 0 saturated heterocycles. The van der Waals surface area contributed by atoms with Gasteiger partial charge in [0, 0.05) is 6.54 Å². The lowest BCUT2D eigenvalue weighted by molar-refractivity contribution is -0.114. The van der Waals surface area contributed by atoms with Crippen molar-refractivity contribution in [3.05, 3.63) is 0 Å². The maximum absolute atomic E-state index is 10.9. The van der Waals surface area contributed by atoms with Crippen LogP contribution in [0.4, 0.5) is 0 Å². The number of rotatable bonds is 9. The van der Waals surface area contributed by atoms with Gasteiger partial charge in [-0.2, -0.15) is 0 Å². The van der Waals surface area contributed by atoms with Crippen LogP contribution in [-0.4, -0.2) is 48.9 Å². The Morgan fingerprint density at radius 1 is 1.41 bits per heavy atom. The summed E-state index contributed by atoms with van der Waals surface area (Å²) >= 11 is 0. The second-order valence-electron chi connectivity index (χ2n) is 4.73. The molecular weight excluding hydrogens is 218 g/mol. The summed E-state index contributed by atoms with van der Waals surface area (Å²) in [5.74, 6) is 0.412. The summed E-state index contributed by atoms with van der Waals surface area (Å²) in [4.78, 5) is 13.2. The van der Waals surface area contributed by atoms with Gasteiger partial charge in [0.1, 0.15) is 6.21 Å². The second-order valence-corrected chi connectivity index (χ2v) is 4.73. The number of oxime groups is 1. The van der Waals surface area contributed by atoms with Gasteiger partial charge in [-0.15, -0.1) is 0 Å². The number of hydrogen-bond acceptors (Lipinski definition) is 4. The molecule has 5 heteroatoms. The molecule has 0 saturated carbocycles. The van der Waals surface area contributed by atoms with Crippen LogP contribution in [0.15, 0.2) is 5.16 Å². The number of carbonyl (C=O) groups excluding carboxylic acids is 1. The van der Waals surface area contributed by atoms with E-state index in [-0.39, 0.29) is 5.91 Å². The standard InChI is InChI=1S/C12H25N3O2/c1-11(2)6-4-8-15(3)9-5-7-13-12(16)10-14-17/h10-11,17H,4-9H2,1-3H3,(H,13,16). The van der Waals surface area contributed by atoms with Gasteiger partial charge >= 0.3 is 0 Å². The monoisotopic (exact) mass is 243 g/mol. The van der Waals surface area contributed by atoms with Crippen LogP contribution in [0.25, 0.3) is 0 Å². The molecule has 0 aromatic carbocycles. The SMILES string of the molecule is CC(C)CCCN(C)CCCNC(=O)C=NO. The Balaban J connectivity index is 3.38. The van der Waals surface area contributed by atoms with Gasteiger partial charge in [0.2, 0.25) is 0 Å². The molecule has 0 aliphatic carbocycles. The van der Waals surface area contributed by atoms with Crippen molar-refractivity contribution in [2.45, 2.75) is 33.1 Å². The van der Waals surface area contributed by atoms with Gasteiger partial charge in [-0.25, -0.2) is 0 Å². The van der Waals surface area contributed by atoms with Gasteiger partial charge in [-0.3, -0.25) is 4.79 Å². The van der Waals surface area contributed by atoms with Gasteiger partial charge in [0.05, 0.1) is 0 Å². The lowest BCUT2D eigenvalue weighted by Crippen LogP contribution is -2.29. The van der Waals surface area contributed by atoms with E-state index in [1.807, 2.05) is 0 Å². The highest BCUT2D eigenvalue weighted by atomic mass is 16.4. The van der Waals surface area contributed by atoms with Crippen LogP contribution < -0.4 is 5.32 Å². The van der Waals surface area contributed by atoms with Crippen molar-refractivity contribution < 1.29 is 10.0 Å². The Hall–Kier alpha value is -1.10. The van der Waals surface area contributed by atoms with E-state index in [9.17, 15) is 4.79 Å². The van der Waals surface area contributed by atoms with E-state index in [0.717, 1.165) is 31.6 Å². The Morgan fingerprint density at radius 2 is 2.06 bits per heavy atom. The third-order valence-electron chi connectivity index (χ3n) is 2.51. The molecule has 0 aromatic heterocycles. The van der Waals surface area contributed by atoms with E-state index < -0.39 is 0 Å². The summed E-state index contributed by atoms with van der Waals surface area (Å²) in [6.07, 6.45) is 4.25. The Labute approximate surface area is 104 Å². The van der Waals surface area contributed by atoms with Gasteiger partial charge in [-0.05, 0) is 45.3 Å². The molecule has 17 heavy (non-hydrogen) atoms. The summed E-state index contributed by atoms with van der Waals surface area (Å²) in [5.41, 5.74) is 0. The summed E-state index contributed by atoms with van der Waals surface area (Å²) in [5, 5.41) is 13.4. The molecule has 1 amide bonds.